The highest BCUT2D eigenvalue weighted by molar-refractivity contribution is 6.30. The first-order chi connectivity index (χ1) is 12.1. The number of amides is 2. The number of aromatic nitrogens is 2. The van der Waals surface area contributed by atoms with Gasteiger partial charge in [-0.05, 0) is 24.6 Å². The van der Waals surface area contributed by atoms with Crippen molar-refractivity contribution >= 4 is 17.6 Å². The van der Waals surface area contributed by atoms with Crippen LogP contribution in [0, 0.1) is 6.92 Å². The molecule has 25 heavy (non-hydrogen) atoms. The van der Waals surface area contributed by atoms with Crippen LogP contribution >= 0.6 is 11.6 Å². The Morgan fingerprint density at radius 2 is 2.08 bits per heavy atom. The van der Waals surface area contributed by atoms with Gasteiger partial charge in [-0.3, -0.25) is 4.90 Å². The van der Waals surface area contributed by atoms with E-state index in [1.54, 1.807) is 6.20 Å². The van der Waals surface area contributed by atoms with Gasteiger partial charge in [0.15, 0.2) is 0 Å². The van der Waals surface area contributed by atoms with E-state index in [0.717, 1.165) is 50.1 Å². The summed E-state index contributed by atoms with van der Waals surface area (Å²) in [5, 5.41) is 3.76. The number of benzene rings is 1. The number of piperazine rings is 1. The predicted octanol–water partition coefficient (Wildman–Crippen LogP) is 2.37. The number of hydrogen-bond acceptors (Lipinski definition) is 3. The minimum absolute atomic E-state index is 0.0140. The standard InChI is InChI=1S/C18H24ClN5O/c1-15-20-5-7-23(15)8-6-21-18(25)24-11-9-22(10-12-24)14-16-3-2-4-17(19)13-16/h2-5,7,13H,6,8-12,14H2,1H3,(H,21,25). The van der Waals surface area contributed by atoms with Gasteiger partial charge in [-0.2, -0.15) is 0 Å². The molecular weight excluding hydrogens is 338 g/mol. The van der Waals surface area contributed by atoms with Crippen LogP contribution in [-0.4, -0.2) is 58.1 Å². The van der Waals surface area contributed by atoms with E-state index in [9.17, 15) is 4.79 Å². The quantitative estimate of drug-likeness (QED) is 0.889. The van der Waals surface area contributed by atoms with Crippen LogP contribution in [0.2, 0.25) is 5.02 Å². The number of urea groups is 1. The normalized spacial score (nSPS) is 15.4. The predicted molar refractivity (Wildman–Crippen MR) is 98.7 cm³/mol. The van der Waals surface area contributed by atoms with Gasteiger partial charge in [0.25, 0.3) is 0 Å². The molecule has 0 aliphatic carbocycles. The zero-order chi connectivity index (χ0) is 17.6. The van der Waals surface area contributed by atoms with Crippen molar-refractivity contribution < 1.29 is 4.79 Å². The lowest BCUT2D eigenvalue weighted by Gasteiger charge is -2.34. The topological polar surface area (TPSA) is 53.4 Å². The van der Waals surface area contributed by atoms with Gasteiger partial charge in [-0.15, -0.1) is 0 Å². The number of aryl methyl sites for hydroxylation is 1. The van der Waals surface area contributed by atoms with Gasteiger partial charge in [0, 0.05) is 63.2 Å². The van der Waals surface area contributed by atoms with Gasteiger partial charge in [0.1, 0.15) is 5.82 Å². The SMILES string of the molecule is Cc1nccn1CCNC(=O)N1CCN(Cc2cccc(Cl)c2)CC1. The first-order valence-corrected chi connectivity index (χ1v) is 8.97. The van der Waals surface area contributed by atoms with Crippen LogP contribution in [0.5, 0.6) is 0 Å². The molecule has 2 aromatic rings. The molecule has 0 bridgehead atoms. The van der Waals surface area contributed by atoms with Crippen LogP contribution in [0.25, 0.3) is 0 Å². The van der Waals surface area contributed by atoms with Gasteiger partial charge in [-0.1, -0.05) is 23.7 Å². The average molecular weight is 362 g/mol. The molecule has 0 saturated carbocycles. The van der Waals surface area contributed by atoms with Crippen molar-refractivity contribution in [2.45, 2.75) is 20.0 Å². The van der Waals surface area contributed by atoms with E-state index in [1.807, 2.05) is 40.8 Å². The molecule has 1 N–H and O–H groups in total. The Labute approximate surface area is 153 Å². The lowest BCUT2D eigenvalue weighted by Crippen LogP contribution is -2.51. The van der Waals surface area contributed by atoms with Gasteiger partial charge in [0.05, 0.1) is 0 Å². The van der Waals surface area contributed by atoms with E-state index in [4.69, 9.17) is 11.6 Å². The smallest absolute Gasteiger partial charge is 0.317 e. The van der Waals surface area contributed by atoms with Crippen LogP contribution < -0.4 is 5.32 Å². The maximum absolute atomic E-state index is 12.3. The van der Waals surface area contributed by atoms with Gasteiger partial charge in [0.2, 0.25) is 0 Å². The lowest BCUT2D eigenvalue weighted by atomic mass is 10.2. The van der Waals surface area contributed by atoms with Crippen molar-refractivity contribution in [1.29, 1.82) is 0 Å². The Morgan fingerprint density at radius 1 is 1.28 bits per heavy atom. The fourth-order valence-corrected chi connectivity index (χ4v) is 3.25. The number of carbonyl (C=O) groups excluding carboxylic acids is 1. The van der Waals surface area contributed by atoms with Crippen LogP contribution in [0.15, 0.2) is 36.7 Å². The molecule has 2 amide bonds. The number of nitrogens with one attached hydrogen (secondary N) is 1. The molecule has 3 rings (SSSR count). The molecule has 0 unspecified atom stereocenters. The van der Waals surface area contributed by atoms with E-state index >= 15 is 0 Å². The van der Waals surface area contributed by atoms with Gasteiger partial charge >= 0.3 is 6.03 Å². The van der Waals surface area contributed by atoms with E-state index in [0.29, 0.717) is 6.54 Å². The van der Waals surface area contributed by atoms with Crippen molar-refractivity contribution in [1.82, 2.24) is 24.7 Å². The third kappa shape index (κ3) is 4.96. The first-order valence-electron chi connectivity index (χ1n) is 8.59. The highest BCUT2D eigenvalue weighted by Gasteiger charge is 2.20. The number of halogens is 1. The molecular formula is C18H24ClN5O. The summed E-state index contributed by atoms with van der Waals surface area (Å²) in [5.74, 6) is 0.962. The zero-order valence-electron chi connectivity index (χ0n) is 14.5. The summed E-state index contributed by atoms with van der Waals surface area (Å²) in [7, 11) is 0. The largest absolute Gasteiger partial charge is 0.336 e. The fourth-order valence-electron chi connectivity index (χ4n) is 3.04. The molecule has 7 heteroatoms. The van der Waals surface area contributed by atoms with Crippen molar-refractivity contribution in [3.63, 3.8) is 0 Å². The summed E-state index contributed by atoms with van der Waals surface area (Å²) in [6, 6.07) is 7.96. The Morgan fingerprint density at radius 3 is 2.76 bits per heavy atom. The molecule has 1 aliphatic heterocycles. The molecule has 1 aromatic carbocycles. The zero-order valence-corrected chi connectivity index (χ0v) is 15.2. The Balaban J connectivity index is 1.39. The highest BCUT2D eigenvalue weighted by Crippen LogP contribution is 2.14. The van der Waals surface area contributed by atoms with Crippen molar-refractivity contribution in [2.24, 2.45) is 0 Å². The molecule has 6 nitrogen and oxygen atoms in total. The second-order valence-electron chi connectivity index (χ2n) is 6.29. The molecule has 0 spiro atoms. The number of imidazole rings is 1. The molecule has 1 aromatic heterocycles. The van der Waals surface area contributed by atoms with Crippen LogP contribution in [0.3, 0.4) is 0 Å². The number of carbonyl (C=O) groups is 1. The Kier molecular flexibility index (Phi) is 5.94. The minimum Gasteiger partial charge on any atom is -0.336 e. The Hall–Kier alpha value is -2.05. The third-order valence-electron chi connectivity index (χ3n) is 4.51. The highest BCUT2D eigenvalue weighted by atomic mass is 35.5. The summed E-state index contributed by atoms with van der Waals surface area (Å²) in [4.78, 5) is 20.7. The van der Waals surface area contributed by atoms with E-state index in [2.05, 4.69) is 21.3 Å². The third-order valence-corrected chi connectivity index (χ3v) is 4.74. The monoisotopic (exact) mass is 361 g/mol. The number of rotatable bonds is 5. The average Bonchev–Trinajstić information content (AvgIpc) is 3.01. The maximum atomic E-state index is 12.3. The number of hydrogen-bond donors (Lipinski definition) is 1. The van der Waals surface area contributed by atoms with Crippen molar-refractivity contribution in [3.8, 4) is 0 Å². The van der Waals surface area contributed by atoms with Crippen LogP contribution in [-0.2, 0) is 13.1 Å². The van der Waals surface area contributed by atoms with E-state index in [-0.39, 0.29) is 6.03 Å². The molecule has 1 fully saturated rings. The van der Waals surface area contributed by atoms with Gasteiger partial charge < -0.3 is 14.8 Å². The molecule has 1 aliphatic rings. The van der Waals surface area contributed by atoms with Gasteiger partial charge in [-0.25, -0.2) is 9.78 Å². The summed E-state index contributed by atoms with van der Waals surface area (Å²) in [5.41, 5.74) is 1.21. The molecule has 0 radical (unpaired) electrons. The molecule has 0 atom stereocenters. The second kappa shape index (κ2) is 8.36. The molecule has 134 valence electrons. The van der Waals surface area contributed by atoms with Crippen molar-refractivity contribution in [2.75, 3.05) is 32.7 Å². The summed E-state index contributed by atoms with van der Waals surface area (Å²) in [6.45, 7) is 7.43. The maximum Gasteiger partial charge on any atom is 0.317 e. The molecule has 1 saturated heterocycles. The Bertz CT molecular complexity index is 709. The second-order valence-corrected chi connectivity index (χ2v) is 6.73. The fraction of sp³-hybridized carbons (Fsp3) is 0.444. The van der Waals surface area contributed by atoms with E-state index < -0.39 is 0 Å². The van der Waals surface area contributed by atoms with Crippen LogP contribution in [0.4, 0.5) is 4.79 Å². The number of nitrogens with zero attached hydrogens (tertiary/aromatic N) is 4. The minimum atomic E-state index is 0.0140. The van der Waals surface area contributed by atoms with E-state index in [1.165, 1.54) is 5.56 Å². The van der Waals surface area contributed by atoms with Crippen molar-refractivity contribution in [3.05, 3.63) is 53.1 Å². The molecule has 2 heterocycles. The summed E-state index contributed by atoms with van der Waals surface area (Å²) < 4.78 is 2.03. The summed E-state index contributed by atoms with van der Waals surface area (Å²) >= 11 is 6.04. The van der Waals surface area contributed by atoms with Crippen LogP contribution in [0.1, 0.15) is 11.4 Å². The first kappa shape index (κ1) is 17.8. The lowest BCUT2D eigenvalue weighted by molar-refractivity contribution is 0.135. The summed E-state index contributed by atoms with van der Waals surface area (Å²) in [6.07, 6.45) is 3.70.